The molecule has 0 saturated heterocycles. The zero-order valence-corrected chi connectivity index (χ0v) is 53.4. The van der Waals surface area contributed by atoms with Crippen molar-refractivity contribution >= 4 is 11.9 Å². The van der Waals surface area contributed by atoms with Gasteiger partial charge in [0.05, 0.1) is 25.4 Å². The fourth-order valence-electron chi connectivity index (χ4n) is 11.2. The third-order valence-corrected chi connectivity index (χ3v) is 16.7. The van der Waals surface area contributed by atoms with Gasteiger partial charge >= 0.3 is 5.97 Å². The topological polar surface area (TPSA) is 95.9 Å². The second-order valence-electron chi connectivity index (χ2n) is 24.6. The van der Waals surface area contributed by atoms with Gasteiger partial charge in [-0.05, 0) is 57.8 Å². The quantitative estimate of drug-likeness (QED) is 0.0320. The Bertz CT molecular complexity index is 1280. The summed E-state index contributed by atoms with van der Waals surface area (Å²) < 4.78 is 5.48. The molecule has 0 spiro atoms. The van der Waals surface area contributed by atoms with Gasteiger partial charge in [0.25, 0.3) is 0 Å². The molecule has 0 bridgehead atoms. The molecule has 0 radical (unpaired) electrons. The van der Waals surface area contributed by atoms with Crippen LogP contribution < -0.4 is 5.32 Å². The lowest BCUT2D eigenvalue weighted by atomic mass is 10.0. The van der Waals surface area contributed by atoms with Crippen molar-refractivity contribution in [1.82, 2.24) is 5.32 Å². The molecule has 2 atom stereocenters. The lowest BCUT2D eigenvalue weighted by Gasteiger charge is -2.20. The Balaban J connectivity index is 3.37. The Hall–Kier alpha value is -1.92. The zero-order valence-electron chi connectivity index (χ0n) is 53.4. The first-order valence-electron chi connectivity index (χ1n) is 35.8. The van der Waals surface area contributed by atoms with Crippen LogP contribution in [-0.4, -0.2) is 47.4 Å². The van der Waals surface area contributed by atoms with E-state index in [-0.39, 0.29) is 18.5 Å². The van der Waals surface area contributed by atoms with E-state index in [1.807, 2.05) is 6.08 Å². The molecule has 0 aromatic carbocycles. The van der Waals surface area contributed by atoms with Crippen LogP contribution in [0.1, 0.15) is 393 Å². The van der Waals surface area contributed by atoms with Gasteiger partial charge in [0.1, 0.15) is 0 Å². The molecular formula is C73H139NO5. The predicted molar refractivity (Wildman–Crippen MR) is 347 cm³/mol. The Morgan fingerprint density at radius 2 is 0.646 bits per heavy atom. The van der Waals surface area contributed by atoms with E-state index in [9.17, 15) is 19.8 Å². The smallest absolute Gasteiger partial charge is 0.305 e. The lowest BCUT2D eigenvalue weighted by molar-refractivity contribution is -0.143. The average Bonchev–Trinajstić information content (AvgIpc) is 3.45. The Morgan fingerprint density at radius 3 is 1.00 bits per heavy atom. The van der Waals surface area contributed by atoms with Crippen LogP contribution in [0.4, 0.5) is 0 Å². The second kappa shape index (κ2) is 68.6. The standard InChI is InChI=1S/C73H139NO5/c1-3-5-7-9-11-13-15-17-19-20-32-35-38-41-45-49-53-57-61-65-71(76)70(69-75)74-72(77)66-62-58-54-50-46-42-39-36-33-30-28-26-24-22-21-23-25-27-29-31-34-37-40-44-48-52-56-60-64-68-79-73(78)67-63-59-55-51-47-43-18-16-14-12-10-8-6-4-2/h10,12,16,18,61,65,70-71,75-76H,3-9,11,13-15,17,19-60,62-64,66-69H2,1-2H3,(H,74,77)/b12-10-,18-16-,65-61+. The number of amides is 1. The first-order valence-corrected chi connectivity index (χ1v) is 35.8. The highest BCUT2D eigenvalue weighted by Crippen LogP contribution is 2.19. The van der Waals surface area contributed by atoms with Crippen molar-refractivity contribution in [1.29, 1.82) is 0 Å². The van der Waals surface area contributed by atoms with Crippen LogP contribution in [-0.2, 0) is 14.3 Å². The van der Waals surface area contributed by atoms with Gasteiger partial charge < -0.3 is 20.3 Å². The molecule has 0 aliphatic heterocycles. The van der Waals surface area contributed by atoms with Gasteiger partial charge in [-0.15, -0.1) is 0 Å². The van der Waals surface area contributed by atoms with Gasteiger partial charge in [-0.25, -0.2) is 0 Å². The van der Waals surface area contributed by atoms with E-state index in [2.05, 4.69) is 43.5 Å². The number of carbonyl (C=O) groups excluding carboxylic acids is 2. The fourth-order valence-corrected chi connectivity index (χ4v) is 11.2. The van der Waals surface area contributed by atoms with E-state index in [0.717, 1.165) is 51.4 Å². The van der Waals surface area contributed by atoms with Crippen LogP contribution in [0.2, 0.25) is 0 Å². The van der Waals surface area contributed by atoms with Crippen molar-refractivity contribution in [3.8, 4) is 0 Å². The number of rotatable bonds is 67. The van der Waals surface area contributed by atoms with Crippen LogP contribution in [0, 0.1) is 0 Å². The maximum Gasteiger partial charge on any atom is 0.305 e. The van der Waals surface area contributed by atoms with Gasteiger partial charge in [0, 0.05) is 12.8 Å². The van der Waals surface area contributed by atoms with Crippen molar-refractivity contribution in [2.75, 3.05) is 13.2 Å². The number of aliphatic hydroxyl groups excluding tert-OH is 2. The summed E-state index contributed by atoms with van der Waals surface area (Å²) in [5, 5.41) is 23.2. The van der Waals surface area contributed by atoms with Gasteiger partial charge in [-0.1, -0.05) is 359 Å². The number of unbranched alkanes of at least 4 members (excludes halogenated alkanes) is 52. The summed E-state index contributed by atoms with van der Waals surface area (Å²) in [5.74, 6) is -0.0563. The summed E-state index contributed by atoms with van der Waals surface area (Å²) in [4.78, 5) is 24.6. The maximum atomic E-state index is 12.5. The summed E-state index contributed by atoms with van der Waals surface area (Å²) in [6, 6.07) is -0.626. The molecule has 466 valence electrons. The van der Waals surface area contributed by atoms with Crippen LogP contribution in [0.3, 0.4) is 0 Å². The third-order valence-electron chi connectivity index (χ3n) is 16.7. The number of allylic oxidation sites excluding steroid dienone is 5. The minimum absolute atomic E-state index is 0.00484. The van der Waals surface area contributed by atoms with Crippen LogP contribution in [0.25, 0.3) is 0 Å². The predicted octanol–water partition coefficient (Wildman–Crippen LogP) is 23.1. The molecule has 0 aromatic heterocycles. The Labute approximate surface area is 494 Å². The molecule has 3 N–H and O–H groups in total. The lowest BCUT2D eigenvalue weighted by Crippen LogP contribution is -2.45. The Morgan fingerprint density at radius 1 is 0.354 bits per heavy atom. The summed E-state index contributed by atoms with van der Waals surface area (Å²) in [7, 11) is 0. The van der Waals surface area contributed by atoms with Crippen LogP contribution in [0.15, 0.2) is 36.5 Å². The highest BCUT2D eigenvalue weighted by atomic mass is 16.5. The summed E-state index contributed by atoms with van der Waals surface area (Å²) in [6.45, 7) is 4.89. The molecule has 6 heteroatoms. The summed E-state index contributed by atoms with van der Waals surface area (Å²) in [5.41, 5.74) is 0. The molecule has 0 heterocycles. The first kappa shape index (κ1) is 77.1. The number of hydrogen-bond donors (Lipinski definition) is 3. The fraction of sp³-hybridized carbons (Fsp3) is 0.890. The summed E-state index contributed by atoms with van der Waals surface area (Å²) in [6.07, 6.45) is 88.0. The highest BCUT2D eigenvalue weighted by molar-refractivity contribution is 5.76. The van der Waals surface area contributed by atoms with Crippen molar-refractivity contribution in [2.45, 2.75) is 405 Å². The monoisotopic (exact) mass is 1110 g/mol. The van der Waals surface area contributed by atoms with E-state index >= 15 is 0 Å². The van der Waals surface area contributed by atoms with E-state index < -0.39 is 12.1 Å². The van der Waals surface area contributed by atoms with E-state index in [0.29, 0.717) is 19.4 Å². The minimum atomic E-state index is -0.843. The molecule has 0 aliphatic rings. The van der Waals surface area contributed by atoms with Crippen molar-refractivity contribution < 1.29 is 24.5 Å². The number of carbonyl (C=O) groups is 2. The van der Waals surface area contributed by atoms with E-state index in [1.165, 1.54) is 315 Å². The molecule has 1 amide bonds. The van der Waals surface area contributed by atoms with Crippen LogP contribution in [0.5, 0.6) is 0 Å². The number of ether oxygens (including phenoxy) is 1. The van der Waals surface area contributed by atoms with Gasteiger partial charge in [0.2, 0.25) is 5.91 Å². The summed E-state index contributed by atoms with van der Waals surface area (Å²) >= 11 is 0. The minimum Gasteiger partial charge on any atom is -0.466 e. The van der Waals surface area contributed by atoms with Crippen molar-refractivity contribution in [3.63, 3.8) is 0 Å². The Kier molecular flexibility index (Phi) is 66.9. The second-order valence-corrected chi connectivity index (χ2v) is 24.6. The third kappa shape index (κ3) is 65.1. The SMILES string of the molecule is CCCC/C=C\C/C=C\CCCCCCCC(=O)OCCCCCCCCCCCCCCCCCCCCCCCCCCCCCCCC(=O)NC(CO)C(O)/C=C/CCCCCCCCCCCCCCCCCCC. The molecule has 2 unspecified atom stereocenters. The number of esters is 1. The maximum absolute atomic E-state index is 12.5. The molecule has 79 heavy (non-hydrogen) atoms. The van der Waals surface area contributed by atoms with Crippen molar-refractivity contribution in [2.24, 2.45) is 0 Å². The molecule has 6 nitrogen and oxygen atoms in total. The molecule has 0 saturated carbocycles. The van der Waals surface area contributed by atoms with Gasteiger partial charge in [0.15, 0.2) is 0 Å². The average molecular weight is 1110 g/mol. The van der Waals surface area contributed by atoms with Gasteiger partial charge in [-0.3, -0.25) is 9.59 Å². The zero-order chi connectivity index (χ0) is 57.1. The molecule has 0 fully saturated rings. The van der Waals surface area contributed by atoms with Crippen LogP contribution >= 0.6 is 0 Å². The number of aliphatic hydroxyl groups is 2. The largest absolute Gasteiger partial charge is 0.466 e. The van der Waals surface area contributed by atoms with Crippen molar-refractivity contribution in [3.05, 3.63) is 36.5 Å². The van der Waals surface area contributed by atoms with E-state index in [1.54, 1.807) is 6.08 Å². The number of hydrogen-bond acceptors (Lipinski definition) is 5. The normalized spacial score (nSPS) is 12.7. The molecule has 0 aromatic rings. The first-order chi connectivity index (χ1) is 39.0. The molecule has 0 rings (SSSR count). The van der Waals surface area contributed by atoms with Gasteiger partial charge in [-0.2, -0.15) is 0 Å². The number of nitrogens with one attached hydrogen (secondary N) is 1. The highest BCUT2D eigenvalue weighted by Gasteiger charge is 2.18. The molecular weight excluding hydrogens is 971 g/mol. The van der Waals surface area contributed by atoms with E-state index in [4.69, 9.17) is 4.74 Å². The molecule has 0 aliphatic carbocycles.